The Kier molecular flexibility index (Phi) is 3.25. The number of H-pyrrole nitrogens is 1. The molecule has 0 aliphatic heterocycles. The Bertz CT molecular complexity index is 799. The Hall–Kier alpha value is -2.55. The van der Waals surface area contributed by atoms with E-state index in [1.54, 1.807) is 0 Å². The standard InChI is InChI=1S/C17H15NO2/c1-20-17(19)8-4-5-12-9-10-16-14(11-12)13-6-2-3-7-15(13)18-16/h2-7,9-11,18H,8H2,1H3. The van der Waals surface area contributed by atoms with Crippen LogP contribution in [0, 0.1) is 0 Å². The van der Waals surface area contributed by atoms with Gasteiger partial charge in [0.05, 0.1) is 13.5 Å². The van der Waals surface area contributed by atoms with Crippen LogP contribution < -0.4 is 0 Å². The molecule has 0 radical (unpaired) electrons. The van der Waals surface area contributed by atoms with E-state index < -0.39 is 0 Å². The van der Waals surface area contributed by atoms with Crippen LogP contribution in [-0.4, -0.2) is 18.1 Å². The topological polar surface area (TPSA) is 42.1 Å². The van der Waals surface area contributed by atoms with Crippen LogP contribution in [0.2, 0.25) is 0 Å². The number of carbonyl (C=O) groups is 1. The van der Waals surface area contributed by atoms with Crippen molar-refractivity contribution >= 4 is 33.9 Å². The maximum Gasteiger partial charge on any atom is 0.309 e. The minimum Gasteiger partial charge on any atom is -0.469 e. The minimum atomic E-state index is -0.227. The van der Waals surface area contributed by atoms with E-state index >= 15 is 0 Å². The van der Waals surface area contributed by atoms with E-state index in [0.717, 1.165) is 16.6 Å². The van der Waals surface area contributed by atoms with Gasteiger partial charge in [-0.25, -0.2) is 0 Å². The van der Waals surface area contributed by atoms with Crippen LogP contribution in [0.15, 0.2) is 48.5 Å². The summed E-state index contributed by atoms with van der Waals surface area (Å²) in [5, 5.41) is 2.41. The lowest BCUT2D eigenvalue weighted by Gasteiger charge is -1.96. The lowest BCUT2D eigenvalue weighted by molar-refractivity contribution is -0.139. The number of nitrogens with one attached hydrogen (secondary N) is 1. The summed E-state index contributed by atoms with van der Waals surface area (Å²) in [5.41, 5.74) is 3.33. The smallest absolute Gasteiger partial charge is 0.309 e. The quantitative estimate of drug-likeness (QED) is 0.730. The molecule has 3 aromatic rings. The number of para-hydroxylation sites is 1. The van der Waals surface area contributed by atoms with Gasteiger partial charge in [-0.15, -0.1) is 0 Å². The van der Waals surface area contributed by atoms with Gasteiger partial charge in [0.25, 0.3) is 0 Å². The third-order valence-corrected chi connectivity index (χ3v) is 3.35. The first kappa shape index (κ1) is 12.5. The number of benzene rings is 2. The average molecular weight is 265 g/mol. The second-order valence-electron chi connectivity index (χ2n) is 4.66. The zero-order valence-electron chi connectivity index (χ0n) is 11.2. The first-order valence-electron chi connectivity index (χ1n) is 6.52. The second-order valence-corrected chi connectivity index (χ2v) is 4.66. The first-order valence-corrected chi connectivity index (χ1v) is 6.52. The predicted octanol–water partition coefficient (Wildman–Crippen LogP) is 3.90. The van der Waals surface area contributed by atoms with Crippen molar-refractivity contribution in [2.75, 3.05) is 7.11 Å². The molecule has 0 amide bonds. The maximum absolute atomic E-state index is 11.1. The van der Waals surface area contributed by atoms with E-state index in [-0.39, 0.29) is 5.97 Å². The van der Waals surface area contributed by atoms with Crippen LogP contribution in [0.1, 0.15) is 12.0 Å². The molecule has 1 N–H and O–H groups in total. The monoisotopic (exact) mass is 265 g/mol. The summed E-state index contributed by atoms with van der Waals surface area (Å²) in [6, 6.07) is 14.5. The normalized spacial score (nSPS) is 11.4. The SMILES string of the molecule is COC(=O)CC=Cc1ccc2[nH]c3ccccc3c2c1. The molecule has 3 nitrogen and oxygen atoms in total. The second kappa shape index (κ2) is 5.21. The van der Waals surface area contributed by atoms with Gasteiger partial charge in [-0.3, -0.25) is 4.79 Å². The van der Waals surface area contributed by atoms with Crippen molar-refractivity contribution in [2.45, 2.75) is 6.42 Å². The highest BCUT2D eigenvalue weighted by atomic mass is 16.5. The van der Waals surface area contributed by atoms with Crippen LogP contribution in [-0.2, 0) is 9.53 Å². The summed E-state index contributed by atoms with van der Waals surface area (Å²) in [5.74, 6) is -0.227. The Labute approximate surface area is 116 Å². The van der Waals surface area contributed by atoms with E-state index in [9.17, 15) is 4.79 Å². The van der Waals surface area contributed by atoms with E-state index in [0.29, 0.717) is 6.42 Å². The summed E-state index contributed by atoms with van der Waals surface area (Å²) in [7, 11) is 1.40. The van der Waals surface area contributed by atoms with Gasteiger partial charge in [0.15, 0.2) is 0 Å². The third kappa shape index (κ3) is 2.30. The van der Waals surface area contributed by atoms with Gasteiger partial charge in [0.2, 0.25) is 0 Å². The number of carbonyl (C=O) groups excluding carboxylic acids is 1. The van der Waals surface area contributed by atoms with Crippen LogP contribution in [0.25, 0.3) is 27.9 Å². The number of esters is 1. The fourth-order valence-corrected chi connectivity index (χ4v) is 2.34. The van der Waals surface area contributed by atoms with Gasteiger partial charge in [-0.2, -0.15) is 0 Å². The Morgan fingerprint density at radius 3 is 2.80 bits per heavy atom. The highest BCUT2D eigenvalue weighted by Crippen LogP contribution is 2.26. The number of aromatic amines is 1. The molecule has 0 fully saturated rings. The van der Waals surface area contributed by atoms with E-state index in [1.165, 1.54) is 17.9 Å². The van der Waals surface area contributed by atoms with E-state index in [4.69, 9.17) is 0 Å². The number of methoxy groups -OCH3 is 1. The van der Waals surface area contributed by atoms with E-state index in [2.05, 4.69) is 34.0 Å². The average Bonchev–Trinajstić information content (AvgIpc) is 2.85. The number of fused-ring (bicyclic) bond motifs is 3. The van der Waals surface area contributed by atoms with Gasteiger partial charge >= 0.3 is 5.97 Å². The van der Waals surface area contributed by atoms with Crippen LogP contribution >= 0.6 is 0 Å². The summed E-state index contributed by atoms with van der Waals surface area (Å²) < 4.78 is 4.61. The molecule has 1 heterocycles. The van der Waals surface area contributed by atoms with Gasteiger partial charge in [0.1, 0.15) is 0 Å². The van der Waals surface area contributed by atoms with Gasteiger partial charge in [-0.1, -0.05) is 36.4 Å². The Morgan fingerprint density at radius 2 is 1.95 bits per heavy atom. The molecule has 0 aliphatic carbocycles. The number of aromatic nitrogens is 1. The Balaban J connectivity index is 1.97. The zero-order chi connectivity index (χ0) is 13.9. The number of ether oxygens (including phenoxy) is 1. The first-order chi connectivity index (χ1) is 9.78. The van der Waals surface area contributed by atoms with Crippen molar-refractivity contribution in [1.29, 1.82) is 0 Å². The van der Waals surface area contributed by atoms with Crippen molar-refractivity contribution in [3.05, 3.63) is 54.1 Å². The minimum absolute atomic E-state index is 0.227. The molecule has 0 atom stereocenters. The van der Waals surface area contributed by atoms with Crippen molar-refractivity contribution in [1.82, 2.24) is 4.98 Å². The van der Waals surface area contributed by atoms with Crippen LogP contribution in [0.4, 0.5) is 0 Å². The van der Waals surface area contributed by atoms with Crippen LogP contribution in [0.5, 0.6) is 0 Å². The predicted molar refractivity (Wildman–Crippen MR) is 81.5 cm³/mol. The van der Waals surface area contributed by atoms with Crippen LogP contribution in [0.3, 0.4) is 0 Å². The molecule has 2 aromatic carbocycles. The summed E-state index contributed by atoms with van der Waals surface area (Å²) in [6.07, 6.45) is 4.06. The third-order valence-electron chi connectivity index (χ3n) is 3.35. The molecule has 0 aliphatic rings. The fourth-order valence-electron chi connectivity index (χ4n) is 2.34. The zero-order valence-corrected chi connectivity index (χ0v) is 11.2. The van der Waals surface area contributed by atoms with E-state index in [1.807, 2.05) is 30.4 Å². The van der Waals surface area contributed by atoms with Gasteiger partial charge in [-0.05, 0) is 23.8 Å². The molecule has 0 saturated carbocycles. The molecule has 0 bridgehead atoms. The number of rotatable bonds is 3. The molecule has 3 heteroatoms. The summed E-state index contributed by atoms with van der Waals surface area (Å²) >= 11 is 0. The number of hydrogen-bond donors (Lipinski definition) is 1. The lowest BCUT2D eigenvalue weighted by Crippen LogP contribution is -1.96. The highest BCUT2D eigenvalue weighted by molar-refractivity contribution is 6.07. The molecular formula is C17H15NO2. The van der Waals surface area contributed by atoms with Gasteiger partial charge in [0, 0.05) is 21.8 Å². The molecule has 3 rings (SSSR count). The molecule has 0 spiro atoms. The molecular weight excluding hydrogens is 250 g/mol. The highest BCUT2D eigenvalue weighted by Gasteiger charge is 2.03. The molecule has 1 aromatic heterocycles. The molecule has 20 heavy (non-hydrogen) atoms. The maximum atomic E-state index is 11.1. The number of hydrogen-bond acceptors (Lipinski definition) is 2. The largest absolute Gasteiger partial charge is 0.469 e. The summed E-state index contributed by atoms with van der Waals surface area (Å²) in [4.78, 5) is 14.5. The molecule has 100 valence electrons. The fraction of sp³-hybridized carbons (Fsp3) is 0.118. The van der Waals surface area contributed by atoms with Crippen molar-refractivity contribution < 1.29 is 9.53 Å². The lowest BCUT2D eigenvalue weighted by atomic mass is 10.1. The van der Waals surface area contributed by atoms with Crippen molar-refractivity contribution in [2.24, 2.45) is 0 Å². The van der Waals surface area contributed by atoms with Crippen molar-refractivity contribution in [3.63, 3.8) is 0 Å². The molecule has 0 unspecified atom stereocenters. The summed E-state index contributed by atoms with van der Waals surface area (Å²) in [6.45, 7) is 0. The van der Waals surface area contributed by atoms with Gasteiger partial charge < -0.3 is 9.72 Å². The molecule has 0 saturated heterocycles. The Morgan fingerprint density at radius 1 is 1.15 bits per heavy atom. The van der Waals surface area contributed by atoms with Crippen molar-refractivity contribution in [3.8, 4) is 0 Å².